The summed E-state index contributed by atoms with van der Waals surface area (Å²) in [6.45, 7) is 1.24. The lowest BCUT2D eigenvalue weighted by Gasteiger charge is -2.01. The van der Waals surface area contributed by atoms with Crippen molar-refractivity contribution in [3.8, 4) is 6.07 Å². The Bertz CT molecular complexity index is 491. The van der Waals surface area contributed by atoms with Crippen molar-refractivity contribution in [1.29, 1.82) is 5.26 Å². The van der Waals surface area contributed by atoms with Crippen molar-refractivity contribution in [3.05, 3.63) is 36.9 Å². The van der Waals surface area contributed by atoms with E-state index in [1.165, 1.54) is 19.1 Å². The Hall–Kier alpha value is -1.49. The van der Waals surface area contributed by atoms with E-state index in [4.69, 9.17) is 5.26 Å². The lowest BCUT2D eigenvalue weighted by atomic mass is 10.1. The number of nitriles is 1. The van der Waals surface area contributed by atoms with Crippen molar-refractivity contribution in [3.63, 3.8) is 0 Å². The third-order valence-electron chi connectivity index (χ3n) is 1.75. The van der Waals surface area contributed by atoms with E-state index >= 15 is 0 Å². The van der Waals surface area contributed by atoms with E-state index in [1.54, 1.807) is 22.6 Å². The van der Waals surface area contributed by atoms with Crippen molar-refractivity contribution in [1.82, 2.24) is 0 Å². The topological polar surface area (TPSA) is 84.0 Å². The molecule has 15 heavy (non-hydrogen) atoms. The van der Waals surface area contributed by atoms with Crippen molar-refractivity contribution in [2.24, 2.45) is 0 Å². The van der Waals surface area contributed by atoms with Crippen LogP contribution in [-0.4, -0.2) is 10.7 Å². The second kappa shape index (κ2) is 4.35. The number of ketones is 1. The minimum atomic E-state index is -0.611. The second-order valence-corrected chi connectivity index (χ2v) is 3.94. The first-order valence-corrected chi connectivity index (χ1v) is 4.94. The van der Waals surface area contributed by atoms with Crippen LogP contribution in [0, 0.1) is 25.0 Å². The SMILES string of the molecule is CC(=O)c1cc(C#N)cc(I)c1[N+](=O)[O-]. The molecule has 1 aromatic rings. The van der Waals surface area contributed by atoms with Gasteiger partial charge in [-0.3, -0.25) is 14.9 Å². The first-order chi connectivity index (χ1) is 6.97. The Labute approximate surface area is 99.0 Å². The Morgan fingerprint density at radius 2 is 2.20 bits per heavy atom. The molecule has 1 aromatic carbocycles. The number of carbonyl (C=O) groups is 1. The number of benzene rings is 1. The molecule has 0 aromatic heterocycles. The van der Waals surface area contributed by atoms with E-state index in [1.807, 2.05) is 6.07 Å². The molecule has 1 rings (SSSR count). The van der Waals surface area contributed by atoms with Gasteiger partial charge in [0.1, 0.15) is 0 Å². The van der Waals surface area contributed by atoms with Crippen LogP contribution in [0.2, 0.25) is 0 Å². The summed E-state index contributed by atoms with van der Waals surface area (Å²) in [5.74, 6) is -0.420. The smallest absolute Gasteiger partial charge is 0.293 e. The van der Waals surface area contributed by atoms with Gasteiger partial charge in [-0.25, -0.2) is 0 Å². The maximum Gasteiger partial charge on any atom is 0.293 e. The standard InChI is InChI=1S/C9H5IN2O3/c1-5(13)7-2-6(4-11)3-8(10)9(7)12(14)15/h2-3H,1H3. The summed E-state index contributed by atoms with van der Waals surface area (Å²) in [6.07, 6.45) is 0. The van der Waals surface area contributed by atoms with Crippen molar-refractivity contribution < 1.29 is 9.72 Å². The number of hydrogen-bond donors (Lipinski definition) is 0. The highest BCUT2D eigenvalue weighted by molar-refractivity contribution is 14.1. The summed E-state index contributed by atoms with van der Waals surface area (Å²) in [7, 11) is 0. The van der Waals surface area contributed by atoms with Crippen LogP contribution in [0.3, 0.4) is 0 Å². The lowest BCUT2D eigenvalue weighted by Crippen LogP contribution is -2.03. The summed E-state index contributed by atoms with van der Waals surface area (Å²) in [6, 6.07) is 4.47. The van der Waals surface area contributed by atoms with Crippen LogP contribution in [-0.2, 0) is 0 Å². The summed E-state index contributed by atoms with van der Waals surface area (Å²) in [5.41, 5.74) is -0.0132. The molecule has 0 fully saturated rings. The number of nitro groups is 1. The minimum Gasteiger partial charge on any atom is -0.294 e. The number of hydrogen-bond acceptors (Lipinski definition) is 4. The predicted molar refractivity (Wildman–Crippen MR) is 60.5 cm³/mol. The molecule has 76 valence electrons. The van der Waals surface area contributed by atoms with E-state index in [-0.39, 0.29) is 16.8 Å². The molecule has 0 amide bonds. The Balaban J connectivity index is 3.58. The molecule has 0 aliphatic carbocycles. The van der Waals surface area contributed by atoms with E-state index in [0.717, 1.165) is 0 Å². The second-order valence-electron chi connectivity index (χ2n) is 2.78. The average Bonchev–Trinajstić information content (AvgIpc) is 2.15. The van der Waals surface area contributed by atoms with Gasteiger partial charge in [0.2, 0.25) is 0 Å². The third kappa shape index (κ3) is 2.30. The molecule has 0 atom stereocenters. The molecular formula is C9H5IN2O3. The van der Waals surface area contributed by atoms with Crippen LogP contribution < -0.4 is 0 Å². The number of rotatable bonds is 2. The lowest BCUT2D eigenvalue weighted by molar-refractivity contribution is -0.386. The molecule has 5 nitrogen and oxygen atoms in total. The molecule has 0 heterocycles. The summed E-state index contributed by atoms with van der Waals surface area (Å²) in [4.78, 5) is 21.3. The summed E-state index contributed by atoms with van der Waals surface area (Å²) >= 11 is 1.74. The van der Waals surface area contributed by atoms with Gasteiger partial charge >= 0.3 is 0 Å². The fourth-order valence-corrected chi connectivity index (χ4v) is 1.94. The van der Waals surface area contributed by atoms with Crippen LogP contribution in [0.5, 0.6) is 0 Å². The molecule has 0 unspecified atom stereocenters. The van der Waals surface area contributed by atoms with Gasteiger partial charge < -0.3 is 0 Å². The average molecular weight is 316 g/mol. The van der Waals surface area contributed by atoms with E-state index in [2.05, 4.69) is 0 Å². The number of nitrogens with zero attached hydrogens (tertiary/aromatic N) is 2. The van der Waals surface area contributed by atoms with Gasteiger partial charge in [0.15, 0.2) is 5.78 Å². The number of Topliss-reactive ketones (excluding diaryl/α,β-unsaturated/α-hetero) is 1. The van der Waals surface area contributed by atoms with Crippen molar-refractivity contribution in [2.75, 3.05) is 0 Å². The fourth-order valence-electron chi connectivity index (χ4n) is 1.12. The van der Waals surface area contributed by atoms with Crippen LogP contribution >= 0.6 is 22.6 Å². The molecule has 6 heteroatoms. The van der Waals surface area contributed by atoms with Crippen LogP contribution in [0.25, 0.3) is 0 Å². The molecule has 0 spiro atoms. The normalized spacial score (nSPS) is 9.40. The summed E-state index contributed by atoms with van der Waals surface area (Å²) in [5, 5.41) is 19.4. The van der Waals surface area contributed by atoms with Gasteiger partial charge in [0.25, 0.3) is 5.69 Å². The van der Waals surface area contributed by atoms with E-state index in [9.17, 15) is 14.9 Å². The predicted octanol–water partition coefficient (Wildman–Crippen LogP) is 2.27. The van der Waals surface area contributed by atoms with Gasteiger partial charge in [0, 0.05) is 0 Å². The van der Waals surface area contributed by atoms with Gasteiger partial charge in [0.05, 0.1) is 25.7 Å². The third-order valence-corrected chi connectivity index (χ3v) is 2.58. The highest BCUT2D eigenvalue weighted by Gasteiger charge is 2.22. The Kier molecular flexibility index (Phi) is 3.36. The van der Waals surface area contributed by atoms with Crippen LogP contribution in [0.15, 0.2) is 12.1 Å². The fraction of sp³-hybridized carbons (Fsp3) is 0.111. The minimum absolute atomic E-state index is 0.0246. The number of halogens is 1. The molecule has 0 bridgehead atoms. The van der Waals surface area contributed by atoms with Crippen LogP contribution in [0.1, 0.15) is 22.8 Å². The van der Waals surface area contributed by atoms with Gasteiger partial charge in [-0.05, 0) is 41.6 Å². The molecule has 0 N–H and O–H groups in total. The first kappa shape index (κ1) is 11.6. The molecule has 0 radical (unpaired) electrons. The van der Waals surface area contributed by atoms with Crippen molar-refractivity contribution >= 4 is 34.1 Å². The van der Waals surface area contributed by atoms with E-state index < -0.39 is 10.7 Å². The van der Waals surface area contributed by atoms with E-state index in [0.29, 0.717) is 3.57 Å². The molecule has 0 saturated carbocycles. The zero-order valence-electron chi connectivity index (χ0n) is 7.65. The van der Waals surface area contributed by atoms with Crippen molar-refractivity contribution in [2.45, 2.75) is 6.92 Å². The molecule has 0 aliphatic rings. The van der Waals surface area contributed by atoms with Gasteiger partial charge in [-0.2, -0.15) is 5.26 Å². The molecule has 0 aliphatic heterocycles. The summed E-state index contributed by atoms with van der Waals surface area (Å²) < 4.78 is 0.293. The first-order valence-electron chi connectivity index (χ1n) is 3.86. The number of nitro benzene ring substituents is 1. The monoisotopic (exact) mass is 316 g/mol. The molecule has 0 saturated heterocycles. The maximum atomic E-state index is 11.2. The van der Waals surface area contributed by atoms with Gasteiger partial charge in [-0.15, -0.1) is 0 Å². The largest absolute Gasteiger partial charge is 0.294 e. The quantitative estimate of drug-likeness (QED) is 0.363. The zero-order valence-corrected chi connectivity index (χ0v) is 9.81. The van der Waals surface area contributed by atoms with Gasteiger partial charge in [-0.1, -0.05) is 0 Å². The Morgan fingerprint density at radius 1 is 1.60 bits per heavy atom. The highest BCUT2D eigenvalue weighted by atomic mass is 127. The Morgan fingerprint density at radius 3 is 2.60 bits per heavy atom. The molecular weight excluding hydrogens is 311 g/mol. The maximum absolute atomic E-state index is 11.2. The zero-order chi connectivity index (χ0) is 11.6. The number of carbonyl (C=O) groups excluding carboxylic acids is 1. The highest BCUT2D eigenvalue weighted by Crippen LogP contribution is 2.27. The van der Waals surface area contributed by atoms with Crippen LogP contribution in [0.4, 0.5) is 5.69 Å².